The van der Waals surface area contributed by atoms with E-state index in [9.17, 15) is 13.2 Å². The standard InChI is InChI=1S/C18H18N4O4S/c1-12-5-4-6-14(11-12)17-20-21-18(26-17)19-16(23)13-7-9-15(10-8-13)27(24,25)22(2)3/h4-11H,1-3H3,(H,19,21,23). The lowest BCUT2D eigenvalue weighted by atomic mass is 10.1. The Morgan fingerprint density at radius 3 is 2.41 bits per heavy atom. The molecule has 0 aliphatic heterocycles. The van der Waals surface area contributed by atoms with E-state index in [0.717, 1.165) is 15.4 Å². The lowest BCUT2D eigenvalue weighted by Gasteiger charge is -2.11. The quantitative estimate of drug-likeness (QED) is 0.722. The summed E-state index contributed by atoms with van der Waals surface area (Å²) in [5, 5.41) is 10.2. The number of nitrogens with zero attached hydrogens (tertiary/aromatic N) is 3. The van der Waals surface area contributed by atoms with E-state index in [2.05, 4.69) is 15.5 Å². The third-order valence-corrected chi connectivity index (χ3v) is 5.63. The smallest absolute Gasteiger partial charge is 0.322 e. The molecule has 27 heavy (non-hydrogen) atoms. The van der Waals surface area contributed by atoms with Gasteiger partial charge in [-0.25, -0.2) is 12.7 Å². The van der Waals surface area contributed by atoms with Crippen molar-refractivity contribution in [1.82, 2.24) is 14.5 Å². The number of benzene rings is 2. The second-order valence-electron chi connectivity index (χ2n) is 6.05. The van der Waals surface area contributed by atoms with Crippen LogP contribution in [0.4, 0.5) is 6.01 Å². The Kier molecular flexibility index (Phi) is 5.06. The third kappa shape index (κ3) is 4.04. The van der Waals surface area contributed by atoms with E-state index in [-0.39, 0.29) is 16.5 Å². The van der Waals surface area contributed by atoms with Crippen LogP contribution in [0.15, 0.2) is 57.8 Å². The Bertz CT molecular complexity index is 1070. The molecule has 0 bridgehead atoms. The molecule has 3 rings (SSSR count). The van der Waals surface area contributed by atoms with Crippen LogP contribution >= 0.6 is 0 Å². The number of sulfonamides is 1. The molecule has 140 valence electrons. The SMILES string of the molecule is Cc1cccc(-c2nnc(NC(=O)c3ccc(S(=O)(=O)N(C)C)cc3)o2)c1. The molecule has 8 nitrogen and oxygen atoms in total. The summed E-state index contributed by atoms with van der Waals surface area (Å²) in [6.07, 6.45) is 0. The second-order valence-corrected chi connectivity index (χ2v) is 8.20. The lowest BCUT2D eigenvalue weighted by Crippen LogP contribution is -2.22. The summed E-state index contributed by atoms with van der Waals surface area (Å²) in [7, 11) is -0.665. The second kappa shape index (κ2) is 7.29. The van der Waals surface area contributed by atoms with Crippen LogP contribution in [-0.2, 0) is 10.0 Å². The topological polar surface area (TPSA) is 105 Å². The van der Waals surface area contributed by atoms with Gasteiger partial charge < -0.3 is 4.42 Å². The molecule has 0 saturated heterocycles. The summed E-state index contributed by atoms with van der Waals surface area (Å²) < 4.78 is 30.7. The van der Waals surface area contributed by atoms with Gasteiger partial charge >= 0.3 is 6.01 Å². The third-order valence-electron chi connectivity index (χ3n) is 3.81. The highest BCUT2D eigenvalue weighted by atomic mass is 32.2. The van der Waals surface area contributed by atoms with Crippen LogP contribution in [-0.4, -0.2) is 42.9 Å². The highest BCUT2D eigenvalue weighted by molar-refractivity contribution is 7.89. The zero-order valence-corrected chi connectivity index (χ0v) is 15.8. The predicted octanol–water partition coefficient (Wildman–Crippen LogP) is 2.55. The monoisotopic (exact) mass is 386 g/mol. The molecule has 3 aromatic rings. The molecule has 1 aromatic heterocycles. The van der Waals surface area contributed by atoms with E-state index in [1.807, 2.05) is 31.2 Å². The summed E-state index contributed by atoms with van der Waals surface area (Å²) >= 11 is 0. The molecular weight excluding hydrogens is 368 g/mol. The molecule has 0 aliphatic carbocycles. The van der Waals surface area contributed by atoms with Crippen molar-refractivity contribution in [2.75, 3.05) is 19.4 Å². The van der Waals surface area contributed by atoms with Crippen LogP contribution < -0.4 is 5.32 Å². The van der Waals surface area contributed by atoms with E-state index in [1.54, 1.807) is 0 Å². The maximum atomic E-state index is 12.3. The molecule has 1 amide bonds. The van der Waals surface area contributed by atoms with Gasteiger partial charge in [0.1, 0.15) is 0 Å². The van der Waals surface area contributed by atoms with E-state index in [4.69, 9.17) is 4.42 Å². The van der Waals surface area contributed by atoms with Crippen LogP contribution in [0.25, 0.3) is 11.5 Å². The fourth-order valence-electron chi connectivity index (χ4n) is 2.33. The van der Waals surface area contributed by atoms with Crippen LogP contribution in [0.2, 0.25) is 0 Å². The van der Waals surface area contributed by atoms with E-state index < -0.39 is 15.9 Å². The maximum Gasteiger partial charge on any atom is 0.322 e. The first-order valence-electron chi connectivity index (χ1n) is 8.02. The summed E-state index contributed by atoms with van der Waals surface area (Å²) in [4.78, 5) is 12.4. The van der Waals surface area contributed by atoms with Crippen LogP contribution in [0, 0.1) is 6.92 Å². The minimum absolute atomic E-state index is 0.0403. The number of anilines is 1. The van der Waals surface area contributed by atoms with E-state index >= 15 is 0 Å². The average Bonchev–Trinajstić information content (AvgIpc) is 3.10. The van der Waals surface area contributed by atoms with Crippen LogP contribution in [0.1, 0.15) is 15.9 Å². The minimum atomic E-state index is -3.55. The lowest BCUT2D eigenvalue weighted by molar-refractivity contribution is 0.102. The number of hydrogen-bond donors (Lipinski definition) is 1. The van der Waals surface area contributed by atoms with Crippen molar-refractivity contribution in [3.05, 3.63) is 59.7 Å². The number of amides is 1. The molecular formula is C18H18N4O4S. The fraction of sp³-hybridized carbons (Fsp3) is 0.167. The van der Waals surface area contributed by atoms with Crippen molar-refractivity contribution in [1.29, 1.82) is 0 Å². The Hall–Kier alpha value is -3.04. The van der Waals surface area contributed by atoms with Gasteiger partial charge in [-0.05, 0) is 43.3 Å². The summed E-state index contributed by atoms with van der Waals surface area (Å²) in [6.45, 7) is 1.95. The molecule has 0 aliphatic rings. The van der Waals surface area contributed by atoms with Gasteiger partial charge in [-0.3, -0.25) is 10.1 Å². The number of rotatable bonds is 5. The van der Waals surface area contributed by atoms with Crippen molar-refractivity contribution in [3.8, 4) is 11.5 Å². The van der Waals surface area contributed by atoms with Gasteiger partial charge in [0.2, 0.25) is 15.9 Å². The van der Waals surface area contributed by atoms with Gasteiger partial charge in [-0.2, -0.15) is 0 Å². The van der Waals surface area contributed by atoms with Crippen LogP contribution in [0.5, 0.6) is 0 Å². The molecule has 2 aromatic carbocycles. The number of carbonyl (C=O) groups excluding carboxylic acids is 1. The van der Waals surface area contributed by atoms with Crippen molar-refractivity contribution < 1.29 is 17.6 Å². The number of hydrogen-bond acceptors (Lipinski definition) is 6. The van der Waals surface area contributed by atoms with Gasteiger partial charge in [0, 0.05) is 25.2 Å². The normalized spacial score (nSPS) is 11.6. The Morgan fingerprint density at radius 2 is 1.78 bits per heavy atom. The van der Waals surface area contributed by atoms with Gasteiger partial charge in [-0.1, -0.05) is 22.8 Å². The maximum absolute atomic E-state index is 12.3. The fourth-order valence-corrected chi connectivity index (χ4v) is 3.23. The molecule has 0 spiro atoms. The van der Waals surface area contributed by atoms with Crippen LogP contribution in [0.3, 0.4) is 0 Å². The molecule has 0 radical (unpaired) electrons. The molecule has 0 unspecified atom stereocenters. The van der Waals surface area contributed by atoms with Gasteiger partial charge in [0.15, 0.2) is 0 Å². The summed E-state index contributed by atoms with van der Waals surface area (Å²) in [6, 6.07) is 13.1. The number of nitrogens with one attached hydrogen (secondary N) is 1. The minimum Gasteiger partial charge on any atom is -0.403 e. The summed E-state index contributed by atoms with van der Waals surface area (Å²) in [5.41, 5.74) is 2.06. The Morgan fingerprint density at radius 1 is 1.07 bits per heavy atom. The average molecular weight is 386 g/mol. The van der Waals surface area contributed by atoms with E-state index in [0.29, 0.717) is 5.89 Å². The molecule has 0 saturated carbocycles. The Labute approximate surface area is 156 Å². The molecule has 1 N–H and O–H groups in total. The molecule has 0 fully saturated rings. The first-order valence-corrected chi connectivity index (χ1v) is 9.46. The molecule has 9 heteroatoms. The number of carbonyl (C=O) groups is 1. The van der Waals surface area contributed by atoms with Crippen molar-refractivity contribution >= 4 is 21.9 Å². The zero-order valence-electron chi connectivity index (χ0n) is 15.0. The first kappa shape index (κ1) is 18.7. The highest BCUT2D eigenvalue weighted by Gasteiger charge is 2.18. The van der Waals surface area contributed by atoms with Crippen molar-refractivity contribution in [2.45, 2.75) is 11.8 Å². The van der Waals surface area contributed by atoms with Crippen molar-refractivity contribution in [3.63, 3.8) is 0 Å². The molecule has 1 heterocycles. The largest absolute Gasteiger partial charge is 0.403 e. The number of aryl methyl sites for hydroxylation is 1. The van der Waals surface area contributed by atoms with Gasteiger partial charge in [-0.15, -0.1) is 5.10 Å². The van der Waals surface area contributed by atoms with E-state index in [1.165, 1.54) is 38.4 Å². The Balaban J connectivity index is 1.75. The first-order chi connectivity index (χ1) is 12.8. The number of aromatic nitrogens is 2. The summed E-state index contributed by atoms with van der Waals surface area (Å²) in [5.74, 6) is -0.190. The predicted molar refractivity (Wildman–Crippen MR) is 99.7 cm³/mol. The van der Waals surface area contributed by atoms with Crippen molar-refractivity contribution in [2.24, 2.45) is 0 Å². The molecule has 0 atom stereocenters. The highest BCUT2D eigenvalue weighted by Crippen LogP contribution is 2.21. The zero-order chi connectivity index (χ0) is 19.6. The van der Waals surface area contributed by atoms with Gasteiger partial charge in [0.05, 0.1) is 4.90 Å². The van der Waals surface area contributed by atoms with Gasteiger partial charge in [0.25, 0.3) is 5.91 Å².